The van der Waals surface area contributed by atoms with Gasteiger partial charge in [0.25, 0.3) is 0 Å². The van der Waals surface area contributed by atoms with Crippen LogP contribution in [0.15, 0.2) is 120 Å². The Morgan fingerprint density at radius 3 is 1.98 bits per heavy atom. The Labute approximate surface area is 268 Å². The van der Waals surface area contributed by atoms with E-state index >= 15 is 8.78 Å². The second-order valence-corrected chi connectivity index (χ2v) is 10.8. The molecule has 0 saturated carbocycles. The Morgan fingerprint density at radius 1 is 0.681 bits per heavy atom. The van der Waals surface area contributed by atoms with E-state index in [1.54, 1.807) is 36.4 Å². The number of rotatable bonds is 5. The highest BCUT2D eigenvalue weighted by atomic mass is 19.1. The number of aromatic nitrogens is 1. The molecule has 5 aromatic carbocycles. The van der Waals surface area contributed by atoms with Crippen molar-refractivity contribution in [2.75, 3.05) is 5.43 Å². The highest BCUT2D eigenvalue weighted by Crippen LogP contribution is 2.40. The smallest absolute Gasteiger partial charge is 0.135 e. The number of anilines is 1. The van der Waals surface area contributed by atoms with E-state index in [0.717, 1.165) is 28.8 Å². The Morgan fingerprint density at radius 2 is 1.32 bits per heavy atom. The van der Waals surface area contributed by atoms with Crippen LogP contribution in [0.2, 0.25) is 0 Å². The molecule has 0 amide bonds. The topological polar surface area (TPSA) is 109 Å². The maximum atomic E-state index is 15.6. The third-order valence-corrected chi connectivity index (χ3v) is 7.96. The number of hydrogen-bond donors (Lipinski definition) is 2. The molecule has 8 heteroatoms. The van der Waals surface area contributed by atoms with Crippen LogP contribution in [0.4, 0.5) is 14.5 Å². The van der Waals surface area contributed by atoms with E-state index in [1.165, 1.54) is 0 Å². The van der Waals surface area contributed by atoms with Crippen LogP contribution < -0.4 is 5.43 Å². The van der Waals surface area contributed by atoms with E-state index in [2.05, 4.69) is 16.6 Å². The maximum Gasteiger partial charge on any atom is 0.135 e. The van der Waals surface area contributed by atoms with Crippen molar-refractivity contribution >= 4 is 39.7 Å². The molecule has 222 valence electrons. The molecule has 0 bridgehead atoms. The average Bonchev–Trinajstić information content (AvgIpc) is 3.11. The number of hydrazone groups is 1. The van der Waals surface area contributed by atoms with E-state index in [0.29, 0.717) is 39.0 Å². The van der Waals surface area contributed by atoms with E-state index in [-0.39, 0.29) is 22.6 Å². The number of para-hydroxylation sites is 1. The Kier molecular flexibility index (Phi) is 7.37. The number of allylic oxidation sites excluding steroid dienone is 1. The zero-order valence-corrected chi connectivity index (χ0v) is 24.6. The largest absolute Gasteiger partial charge is 0.298 e. The van der Waals surface area contributed by atoms with Gasteiger partial charge in [0.05, 0.1) is 51.4 Å². The maximum absolute atomic E-state index is 15.6. The summed E-state index contributed by atoms with van der Waals surface area (Å²) in [6.45, 7) is 0. The van der Waals surface area contributed by atoms with Gasteiger partial charge in [0.1, 0.15) is 17.3 Å². The minimum atomic E-state index is -0.946. The molecule has 1 aromatic heterocycles. The zero-order valence-electron chi connectivity index (χ0n) is 24.6. The van der Waals surface area contributed by atoms with Crippen molar-refractivity contribution in [3.8, 4) is 34.5 Å². The van der Waals surface area contributed by atoms with Gasteiger partial charge in [-0.05, 0) is 59.7 Å². The van der Waals surface area contributed by atoms with Gasteiger partial charge in [0.2, 0.25) is 0 Å². The molecule has 1 heterocycles. The number of hydrogen-bond acceptors (Lipinski definition) is 6. The lowest BCUT2D eigenvalue weighted by Crippen LogP contribution is -2.25. The number of nitrogens with zero attached hydrogens (tertiary/aromatic N) is 4. The lowest BCUT2D eigenvalue weighted by molar-refractivity contribution is 0.577. The lowest BCUT2D eigenvalue weighted by Gasteiger charge is -2.24. The summed E-state index contributed by atoms with van der Waals surface area (Å²) in [7, 11) is 0. The fraction of sp³-hybridized carbons (Fsp3) is 0. The monoisotopic (exact) mass is 612 g/mol. The van der Waals surface area contributed by atoms with Crippen LogP contribution in [0, 0.1) is 39.7 Å². The molecule has 0 unspecified atom stereocenters. The van der Waals surface area contributed by atoms with Crippen molar-refractivity contribution in [1.29, 1.82) is 15.9 Å². The van der Waals surface area contributed by atoms with Gasteiger partial charge in [-0.25, -0.2) is 13.8 Å². The normalized spacial score (nSPS) is 13.1. The summed E-state index contributed by atoms with van der Waals surface area (Å²) in [6.07, 6.45) is 1.62. The standard InChI is InChI=1S/C39H22F2N6/c40-32-17-24(22-43)18-33(41)36(32)31-20-30-35(37(44)39(31)47-46-28-9-5-2-6-10-28)29-16-15-27(25-13-11-23(21-42)12-14-25)19-34(29)45-38(30)26-7-3-1-4-8-26/h1-20,44,46H/b44-37?,47-39-. The molecule has 6 nitrogen and oxygen atoms in total. The van der Waals surface area contributed by atoms with E-state index in [1.807, 2.05) is 78.9 Å². The SMILES string of the molecule is N#Cc1ccc(-c2ccc3c4c(c(-c5ccccc5)nc3c2)C=C(c2c(F)cc(C#N)cc2F)/C(=N/Nc2ccccc2)C4=N)cc1. The fourth-order valence-corrected chi connectivity index (χ4v) is 5.72. The molecule has 1 aliphatic carbocycles. The predicted molar refractivity (Wildman–Crippen MR) is 181 cm³/mol. The molecular formula is C39H22F2N6. The first-order valence-electron chi connectivity index (χ1n) is 14.6. The van der Waals surface area contributed by atoms with E-state index < -0.39 is 17.2 Å². The van der Waals surface area contributed by atoms with Crippen molar-refractivity contribution in [3.05, 3.63) is 155 Å². The number of pyridine rings is 1. The Bertz CT molecular complexity index is 2340. The number of halogens is 2. The highest BCUT2D eigenvalue weighted by molar-refractivity contribution is 6.65. The van der Waals surface area contributed by atoms with Gasteiger partial charge in [0, 0.05) is 27.6 Å². The molecule has 47 heavy (non-hydrogen) atoms. The quantitative estimate of drug-likeness (QED) is 0.189. The summed E-state index contributed by atoms with van der Waals surface area (Å²) < 4.78 is 31.3. The second-order valence-electron chi connectivity index (χ2n) is 10.8. The summed E-state index contributed by atoms with van der Waals surface area (Å²) in [4.78, 5) is 5.05. The average molecular weight is 613 g/mol. The number of nitriles is 2. The van der Waals surface area contributed by atoms with Gasteiger partial charge in [-0.2, -0.15) is 15.6 Å². The first kappa shape index (κ1) is 29.0. The van der Waals surface area contributed by atoms with Crippen molar-refractivity contribution in [2.24, 2.45) is 5.10 Å². The van der Waals surface area contributed by atoms with Crippen molar-refractivity contribution < 1.29 is 8.78 Å². The van der Waals surface area contributed by atoms with Gasteiger partial charge >= 0.3 is 0 Å². The van der Waals surface area contributed by atoms with E-state index in [9.17, 15) is 15.9 Å². The second kappa shape index (κ2) is 12.0. The van der Waals surface area contributed by atoms with Gasteiger partial charge in [-0.3, -0.25) is 10.8 Å². The molecule has 0 saturated heterocycles. The zero-order chi connectivity index (χ0) is 32.5. The first-order valence-corrected chi connectivity index (χ1v) is 14.6. The molecule has 0 atom stereocenters. The van der Waals surface area contributed by atoms with Crippen LogP contribution in [0.1, 0.15) is 27.8 Å². The Hall–Kier alpha value is -6.77. The van der Waals surface area contributed by atoms with Crippen LogP contribution in [0.25, 0.3) is 44.9 Å². The van der Waals surface area contributed by atoms with Crippen LogP contribution >= 0.6 is 0 Å². The number of benzene rings is 5. The number of nitrogens with one attached hydrogen (secondary N) is 2. The molecule has 0 spiro atoms. The summed E-state index contributed by atoms with van der Waals surface area (Å²) in [5.74, 6) is -1.89. The molecule has 1 aliphatic rings. The summed E-state index contributed by atoms with van der Waals surface area (Å²) in [5.41, 5.74) is 8.22. The highest BCUT2D eigenvalue weighted by Gasteiger charge is 2.32. The molecule has 7 rings (SSSR count). The van der Waals surface area contributed by atoms with Gasteiger partial charge in [-0.15, -0.1) is 0 Å². The fourth-order valence-electron chi connectivity index (χ4n) is 5.72. The van der Waals surface area contributed by atoms with E-state index in [4.69, 9.17) is 4.98 Å². The van der Waals surface area contributed by atoms with Gasteiger partial charge in [0.15, 0.2) is 0 Å². The minimum absolute atomic E-state index is 0.0199. The first-order chi connectivity index (χ1) is 22.9. The molecule has 0 fully saturated rings. The summed E-state index contributed by atoms with van der Waals surface area (Å²) >= 11 is 0. The third kappa shape index (κ3) is 5.31. The summed E-state index contributed by atoms with van der Waals surface area (Å²) in [5, 5.41) is 33.3. The van der Waals surface area contributed by atoms with Gasteiger partial charge < -0.3 is 0 Å². The third-order valence-electron chi connectivity index (χ3n) is 7.96. The molecule has 0 radical (unpaired) electrons. The molecule has 0 aliphatic heterocycles. The molecule has 2 N–H and O–H groups in total. The predicted octanol–water partition coefficient (Wildman–Crippen LogP) is 8.98. The van der Waals surface area contributed by atoms with Crippen LogP contribution in [0.5, 0.6) is 0 Å². The van der Waals surface area contributed by atoms with Crippen LogP contribution in [-0.2, 0) is 0 Å². The van der Waals surface area contributed by atoms with Crippen LogP contribution in [-0.4, -0.2) is 16.4 Å². The molecule has 6 aromatic rings. The minimum Gasteiger partial charge on any atom is -0.298 e. The van der Waals surface area contributed by atoms with Crippen molar-refractivity contribution in [3.63, 3.8) is 0 Å². The number of fused-ring (bicyclic) bond motifs is 3. The molecular weight excluding hydrogens is 590 g/mol. The Balaban J connectivity index is 1.51. The van der Waals surface area contributed by atoms with Crippen molar-refractivity contribution in [2.45, 2.75) is 0 Å². The summed E-state index contributed by atoms with van der Waals surface area (Å²) in [6, 6.07) is 37.3. The van der Waals surface area contributed by atoms with Gasteiger partial charge in [-0.1, -0.05) is 72.8 Å². The van der Waals surface area contributed by atoms with Crippen LogP contribution in [0.3, 0.4) is 0 Å². The van der Waals surface area contributed by atoms with Crippen molar-refractivity contribution in [1.82, 2.24) is 4.98 Å². The lowest BCUT2D eigenvalue weighted by atomic mass is 9.81.